The Bertz CT molecular complexity index is 601. The lowest BCUT2D eigenvalue weighted by atomic mass is 10.1. The van der Waals surface area contributed by atoms with Crippen molar-refractivity contribution in [3.63, 3.8) is 0 Å². The number of benzene rings is 1. The van der Waals surface area contributed by atoms with Gasteiger partial charge in [0.25, 0.3) is 0 Å². The van der Waals surface area contributed by atoms with Crippen LogP contribution in [0, 0.1) is 5.92 Å². The van der Waals surface area contributed by atoms with Crippen LogP contribution in [0.1, 0.15) is 12.5 Å². The molecule has 0 aromatic heterocycles. The van der Waals surface area contributed by atoms with Crippen molar-refractivity contribution in [2.45, 2.75) is 6.92 Å². The van der Waals surface area contributed by atoms with Gasteiger partial charge < -0.3 is 5.73 Å². The number of rotatable bonds is 2. The molecule has 1 fully saturated rings. The fourth-order valence-electron chi connectivity index (χ4n) is 2.07. The van der Waals surface area contributed by atoms with E-state index in [9.17, 15) is 8.42 Å². The van der Waals surface area contributed by atoms with Gasteiger partial charge in [-0.05, 0) is 24.1 Å². The summed E-state index contributed by atoms with van der Waals surface area (Å²) in [4.78, 5) is 0.195. The van der Waals surface area contributed by atoms with Gasteiger partial charge in [-0.25, -0.2) is 8.42 Å². The molecule has 1 aromatic carbocycles. The van der Waals surface area contributed by atoms with Crippen LogP contribution in [0.15, 0.2) is 22.7 Å². The molecular weight excluding hydrogens is 336 g/mol. The Morgan fingerprint density at radius 3 is 2.72 bits per heavy atom. The minimum Gasteiger partial charge on any atom is -0.389 e. The highest BCUT2D eigenvalue weighted by Crippen LogP contribution is 2.31. The van der Waals surface area contributed by atoms with Gasteiger partial charge in [0, 0.05) is 16.6 Å². The SMILES string of the molecule is CC1CN(c2ccc(Br)cc2C(N)=S)S(=O)(=O)C1. The van der Waals surface area contributed by atoms with E-state index >= 15 is 0 Å². The van der Waals surface area contributed by atoms with Crippen LogP contribution in [-0.4, -0.2) is 25.7 Å². The Balaban J connectivity index is 2.55. The molecule has 2 rings (SSSR count). The summed E-state index contributed by atoms with van der Waals surface area (Å²) in [7, 11) is -3.26. The van der Waals surface area contributed by atoms with Crippen LogP contribution in [0.3, 0.4) is 0 Å². The summed E-state index contributed by atoms with van der Waals surface area (Å²) in [6, 6.07) is 5.26. The molecule has 98 valence electrons. The minimum atomic E-state index is -3.26. The number of nitrogens with zero attached hydrogens (tertiary/aromatic N) is 1. The van der Waals surface area contributed by atoms with Crippen molar-refractivity contribution >= 4 is 48.8 Å². The van der Waals surface area contributed by atoms with Gasteiger partial charge in [-0.3, -0.25) is 4.31 Å². The molecule has 1 atom stereocenters. The summed E-state index contributed by atoms with van der Waals surface area (Å²) in [6.45, 7) is 2.39. The Hall–Kier alpha value is -0.660. The van der Waals surface area contributed by atoms with E-state index < -0.39 is 10.0 Å². The van der Waals surface area contributed by atoms with Gasteiger partial charge in [-0.15, -0.1) is 0 Å². The molecule has 0 aliphatic carbocycles. The lowest BCUT2D eigenvalue weighted by molar-refractivity contribution is 0.598. The third-order valence-corrected chi connectivity index (χ3v) is 5.52. The zero-order chi connectivity index (χ0) is 13.5. The summed E-state index contributed by atoms with van der Waals surface area (Å²) in [5.74, 6) is 0.276. The molecule has 2 N–H and O–H groups in total. The smallest absolute Gasteiger partial charge is 0.235 e. The van der Waals surface area contributed by atoms with Crippen molar-refractivity contribution in [2.24, 2.45) is 11.7 Å². The highest BCUT2D eigenvalue weighted by atomic mass is 79.9. The van der Waals surface area contributed by atoms with E-state index in [4.69, 9.17) is 18.0 Å². The van der Waals surface area contributed by atoms with E-state index in [1.807, 2.05) is 6.92 Å². The maximum Gasteiger partial charge on any atom is 0.235 e. The van der Waals surface area contributed by atoms with Gasteiger partial charge in [-0.1, -0.05) is 35.1 Å². The predicted molar refractivity (Wildman–Crippen MR) is 80.3 cm³/mol. The van der Waals surface area contributed by atoms with Gasteiger partial charge >= 0.3 is 0 Å². The van der Waals surface area contributed by atoms with Gasteiger partial charge in [0.05, 0.1) is 11.4 Å². The van der Waals surface area contributed by atoms with Gasteiger partial charge in [-0.2, -0.15) is 0 Å². The Kier molecular flexibility index (Phi) is 3.66. The van der Waals surface area contributed by atoms with Crippen LogP contribution in [0.5, 0.6) is 0 Å². The van der Waals surface area contributed by atoms with Crippen LogP contribution in [0.4, 0.5) is 5.69 Å². The minimum absolute atomic E-state index is 0.109. The predicted octanol–water partition coefficient (Wildman–Crippen LogP) is 1.87. The molecule has 0 amide bonds. The second-order valence-electron chi connectivity index (χ2n) is 4.44. The number of anilines is 1. The third kappa shape index (κ3) is 2.53. The van der Waals surface area contributed by atoms with Crippen LogP contribution in [0.25, 0.3) is 0 Å². The van der Waals surface area contributed by atoms with E-state index in [0.29, 0.717) is 17.8 Å². The number of hydrogen-bond acceptors (Lipinski definition) is 3. The second-order valence-corrected chi connectivity index (χ2v) is 7.73. The molecule has 7 heteroatoms. The third-order valence-electron chi connectivity index (χ3n) is 2.80. The molecule has 0 spiro atoms. The molecule has 0 saturated carbocycles. The topological polar surface area (TPSA) is 63.4 Å². The van der Waals surface area contributed by atoms with Crippen molar-refractivity contribution in [1.82, 2.24) is 0 Å². The van der Waals surface area contributed by atoms with Crippen LogP contribution in [-0.2, 0) is 10.0 Å². The van der Waals surface area contributed by atoms with E-state index in [2.05, 4.69) is 15.9 Å². The molecule has 0 radical (unpaired) electrons. The number of nitrogens with two attached hydrogens (primary N) is 1. The van der Waals surface area contributed by atoms with E-state index in [1.165, 1.54) is 4.31 Å². The summed E-state index contributed by atoms with van der Waals surface area (Å²) in [5.41, 5.74) is 6.81. The summed E-state index contributed by atoms with van der Waals surface area (Å²) < 4.78 is 26.3. The quantitative estimate of drug-likeness (QED) is 0.828. The second kappa shape index (κ2) is 4.79. The Labute approximate surface area is 120 Å². The molecule has 4 nitrogen and oxygen atoms in total. The molecule has 1 saturated heterocycles. The maximum atomic E-state index is 12.1. The molecule has 1 aliphatic heterocycles. The Morgan fingerprint density at radius 2 is 2.22 bits per heavy atom. The zero-order valence-electron chi connectivity index (χ0n) is 9.76. The highest BCUT2D eigenvalue weighted by Gasteiger charge is 2.35. The van der Waals surface area contributed by atoms with Crippen molar-refractivity contribution in [2.75, 3.05) is 16.6 Å². The van der Waals surface area contributed by atoms with Crippen LogP contribution < -0.4 is 10.0 Å². The fraction of sp³-hybridized carbons (Fsp3) is 0.364. The Morgan fingerprint density at radius 1 is 1.56 bits per heavy atom. The first kappa shape index (κ1) is 13.8. The molecule has 18 heavy (non-hydrogen) atoms. The molecule has 1 aromatic rings. The first-order chi connectivity index (χ1) is 8.31. The monoisotopic (exact) mass is 348 g/mol. The molecule has 1 heterocycles. The van der Waals surface area contributed by atoms with E-state index in [0.717, 1.165) is 4.47 Å². The first-order valence-electron chi connectivity index (χ1n) is 5.41. The molecule has 0 bridgehead atoms. The maximum absolute atomic E-state index is 12.1. The van der Waals surface area contributed by atoms with Gasteiger partial charge in [0.2, 0.25) is 10.0 Å². The zero-order valence-corrected chi connectivity index (χ0v) is 13.0. The van der Waals surface area contributed by atoms with E-state index in [-0.39, 0.29) is 16.7 Å². The highest BCUT2D eigenvalue weighted by molar-refractivity contribution is 9.10. The van der Waals surface area contributed by atoms with Gasteiger partial charge in [0.15, 0.2) is 0 Å². The van der Waals surface area contributed by atoms with Crippen molar-refractivity contribution in [3.8, 4) is 0 Å². The summed E-state index contributed by atoms with van der Waals surface area (Å²) >= 11 is 8.31. The standard InChI is InChI=1S/C11H13BrN2O2S2/c1-7-5-14(18(15,16)6-7)10-3-2-8(12)4-9(10)11(13)17/h2-4,7H,5-6H2,1H3,(H2,13,17). The normalized spacial score (nSPS) is 22.1. The summed E-state index contributed by atoms with van der Waals surface area (Å²) in [5, 5.41) is 0. The number of thiocarbonyl (C=S) groups is 1. The van der Waals surface area contributed by atoms with Crippen molar-refractivity contribution < 1.29 is 8.42 Å². The first-order valence-corrected chi connectivity index (χ1v) is 8.22. The van der Waals surface area contributed by atoms with Gasteiger partial charge in [0.1, 0.15) is 4.99 Å². The number of sulfonamides is 1. The van der Waals surface area contributed by atoms with E-state index in [1.54, 1.807) is 18.2 Å². The summed E-state index contributed by atoms with van der Waals surface area (Å²) in [6.07, 6.45) is 0. The van der Waals surface area contributed by atoms with Crippen molar-refractivity contribution in [3.05, 3.63) is 28.2 Å². The largest absolute Gasteiger partial charge is 0.389 e. The number of hydrogen-bond donors (Lipinski definition) is 1. The molecular formula is C11H13BrN2O2S2. The fourth-order valence-corrected chi connectivity index (χ4v) is 4.54. The van der Waals surface area contributed by atoms with Crippen molar-refractivity contribution in [1.29, 1.82) is 0 Å². The molecule has 1 aliphatic rings. The number of halogens is 1. The molecule has 1 unspecified atom stereocenters. The average molecular weight is 349 g/mol. The van der Waals surface area contributed by atoms with Crippen LogP contribution >= 0.6 is 28.1 Å². The van der Waals surface area contributed by atoms with Crippen LogP contribution in [0.2, 0.25) is 0 Å². The average Bonchev–Trinajstić information content (AvgIpc) is 2.51. The lowest BCUT2D eigenvalue weighted by Gasteiger charge is -2.20. The lowest BCUT2D eigenvalue weighted by Crippen LogP contribution is -2.28.